The number of likely N-dealkylation sites (tertiary alicyclic amines) is 1. The molecule has 3 fully saturated rings. The number of hydrogen-bond acceptors (Lipinski definition) is 6. The van der Waals surface area contributed by atoms with Gasteiger partial charge >= 0.3 is 0 Å². The normalized spacial score (nSPS) is 26.2. The molecule has 1 N–H and O–H groups in total. The van der Waals surface area contributed by atoms with Gasteiger partial charge < -0.3 is 24.2 Å². The predicted molar refractivity (Wildman–Crippen MR) is 99.7 cm³/mol. The van der Waals surface area contributed by atoms with E-state index in [2.05, 4.69) is 10.5 Å². The summed E-state index contributed by atoms with van der Waals surface area (Å²) >= 11 is 0. The number of fused-ring (bicyclic) bond motifs is 1. The van der Waals surface area contributed by atoms with Crippen LogP contribution in [0.5, 0.6) is 0 Å². The molecule has 1 aromatic heterocycles. The third-order valence-electron chi connectivity index (χ3n) is 6.16. The van der Waals surface area contributed by atoms with E-state index in [1.165, 1.54) is 31.9 Å². The highest BCUT2D eigenvalue weighted by Crippen LogP contribution is 2.29. The third kappa shape index (κ3) is 4.38. The van der Waals surface area contributed by atoms with E-state index in [0.29, 0.717) is 44.0 Å². The van der Waals surface area contributed by atoms with Crippen molar-refractivity contribution in [1.82, 2.24) is 15.4 Å². The van der Waals surface area contributed by atoms with Crippen LogP contribution < -0.4 is 5.32 Å². The SMILES string of the molecule is Cc1oncc1C(=O)NC1CO[C@H]2CN(C(=O)CCC3CCCC3)C[C@@H]2OC1. The lowest BCUT2D eigenvalue weighted by atomic mass is 10.0. The van der Waals surface area contributed by atoms with E-state index in [1.807, 2.05) is 4.90 Å². The van der Waals surface area contributed by atoms with Crippen molar-refractivity contribution in [2.45, 2.75) is 63.7 Å². The number of ether oxygens (including phenoxy) is 2. The number of nitrogens with one attached hydrogen (secondary N) is 1. The average Bonchev–Trinajstić information content (AvgIpc) is 3.41. The van der Waals surface area contributed by atoms with Crippen molar-refractivity contribution in [1.29, 1.82) is 0 Å². The van der Waals surface area contributed by atoms with Crippen LogP contribution in [0.15, 0.2) is 10.7 Å². The monoisotopic (exact) mass is 391 g/mol. The summed E-state index contributed by atoms with van der Waals surface area (Å²) in [6.45, 7) is 3.56. The Morgan fingerprint density at radius 3 is 2.46 bits per heavy atom. The largest absolute Gasteiger partial charge is 0.371 e. The summed E-state index contributed by atoms with van der Waals surface area (Å²) in [5.74, 6) is 1.17. The lowest BCUT2D eigenvalue weighted by molar-refractivity contribution is -0.131. The molecule has 0 aromatic carbocycles. The van der Waals surface area contributed by atoms with E-state index >= 15 is 0 Å². The van der Waals surface area contributed by atoms with Gasteiger partial charge in [0.15, 0.2) is 0 Å². The van der Waals surface area contributed by atoms with Crippen LogP contribution >= 0.6 is 0 Å². The van der Waals surface area contributed by atoms with Crippen molar-refractivity contribution < 1.29 is 23.6 Å². The van der Waals surface area contributed by atoms with E-state index < -0.39 is 0 Å². The molecule has 154 valence electrons. The van der Waals surface area contributed by atoms with Gasteiger partial charge in [-0.2, -0.15) is 0 Å². The average molecular weight is 391 g/mol. The Kier molecular flexibility index (Phi) is 5.96. The van der Waals surface area contributed by atoms with Gasteiger partial charge in [0.2, 0.25) is 5.91 Å². The van der Waals surface area contributed by atoms with E-state index in [1.54, 1.807) is 6.92 Å². The maximum absolute atomic E-state index is 12.5. The highest BCUT2D eigenvalue weighted by atomic mass is 16.6. The number of amides is 2. The molecule has 3 heterocycles. The first-order valence-electron chi connectivity index (χ1n) is 10.3. The topological polar surface area (TPSA) is 93.9 Å². The van der Waals surface area contributed by atoms with Gasteiger partial charge in [-0.15, -0.1) is 0 Å². The summed E-state index contributed by atoms with van der Waals surface area (Å²) < 4.78 is 16.9. The van der Waals surface area contributed by atoms with Crippen molar-refractivity contribution in [3.63, 3.8) is 0 Å². The molecule has 2 atom stereocenters. The molecule has 1 aromatic rings. The van der Waals surface area contributed by atoms with Crippen LogP contribution in [-0.4, -0.2) is 66.4 Å². The minimum atomic E-state index is -0.244. The van der Waals surface area contributed by atoms with Crippen LogP contribution in [0.2, 0.25) is 0 Å². The van der Waals surface area contributed by atoms with Crippen LogP contribution in [0.3, 0.4) is 0 Å². The zero-order chi connectivity index (χ0) is 19.5. The number of rotatable bonds is 5. The number of carbonyl (C=O) groups is 2. The first-order chi connectivity index (χ1) is 13.6. The fourth-order valence-electron chi connectivity index (χ4n) is 4.44. The second-order valence-corrected chi connectivity index (χ2v) is 8.20. The lowest BCUT2D eigenvalue weighted by Gasteiger charge is -2.20. The summed E-state index contributed by atoms with van der Waals surface area (Å²) in [7, 11) is 0. The van der Waals surface area contributed by atoms with E-state index in [4.69, 9.17) is 14.0 Å². The van der Waals surface area contributed by atoms with Crippen LogP contribution in [0.1, 0.15) is 54.6 Å². The van der Waals surface area contributed by atoms with E-state index in [0.717, 1.165) is 12.3 Å². The molecule has 0 unspecified atom stereocenters. The molecule has 1 aliphatic carbocycles. The summed E-state index contributed by atoms with van der Waals surface area (Å²) in [6.07, 6.45) is 7.94. The van der Waals surface area contributed by atoms with Crippen LogP contribution in [0, 0.1) is 12.8 Å². The zero-order valence-electron chi connectivity index (χ0n) is 16.4. The van der Waals surface area contributed by atoms with Crippen molar-refractivity contribution in [3.05, 3.63) is 17.5 Å². The second-order valence-electron chi connectivity index (χ2n) is 8.20. The molecule has 0 bridgehead atoms. The van der Waals surface area contributed by atoms with Gasteiger partial charge in [-0.25, -0.2) is 0 Å². The van der Waals surface area contributed by atoms with E-state index in [-0.39, 0.29) is 30.1 Å². The Bertz CT molecular complexity index is 684. The number of hydrogen-bond donors (Lipinski definition) is 1. The molecule has 8 heteroatoms. The molecule has 8 nitrogen and oxygen atoms in total. The zero-order valence-corrected chi connectivity index (χ0v) is 16.4. The Morgan fingerprint density at radius 2 is 1.86 bits per heavy atom. The molecular formula is C20H29N3O5. The highest BCUT2D eigenvalue weighted by Gasteiger charge is 2.39. The van der Waals surface area contributed by atoms with Crippen LogP contribution in [0.4, 0.5) is 0 Å². The molecule has 2 aliphatic heterocycles. The molecule has 1 saturated carbocycles. The van der Waals surface area contributed by atoms with Crippen molar-refractivity contribution in [2.75, 3.05) is 26.3 Å². The Hall–Kier alpha value is -1.93. The first kappa shape index (κ1) is 19.4. The number of nitrogens with zero attached hydrogens (tertiary/aromatic N) is 2. The summed E-state index contributed by atoms with van der Waals surface area (Å²) in [4.78, 5) is 26.7. The lowest BCUT2D eigenvalue weighted by Crippen LogP contribution is -2.41. The summed E-state index contributed by atoms with van der Waals surface area (Å²) in [6, 6.07) is -0.237. The second kappa shape index (κ2) is 8.61. The smallest absolute Gasteiger partial charge is 0.256 e. The minimum absolute atomic E-state index is 0.130. The van der Waals surface area contributed by atoms with E-state index in [9.17, 15) is 9.59 Å². The van der Waals surface area contributed by atoms with Gasteiger partial charge in [0.25, 0.3) is 5.91 Å². The fraction of sp³-hybridized carbons (Fsp3) is 0.750. The van der Waals surface area contributed by atoms with Gasteiger partial charge in [0, 0.05) is 19.5 Å². The summed E-state index contributed by atoms with van der Waals surface area (Å²) in [5.41, 5.74) is 0.420. The Balaban J connectivity index is 1.23. The molecule has 28 heavy (non-hydrogen) atoms. The van der Waals surface area contributed by atoms with Crippen molar-refractivity contribution >= 4 is 11.8 Å². The van der Waals surface area contributed by atoms with Gasteiger partial charge in [-0.05, 0) is 19.3 Å². The standard InChI is InChI=1S/C20H29N3O5/c1-13-16(8-21-28-13)20(25)22-15-11-26-17-9-23(10-18(17)27-12-15)19(24)7-6-14-4-2-3-5-14/h8,14-15,17-18H,2-7,9-12H2,1H3,(H,22,25)/t17-,18-/m0/s1. The molecule has 4 rings (SSSR count). The van der Waals surface area contributed by atoms with Gasteiger partial charge in [0.05, 0.1) is 25.5 Å². The number of carbonyl (C=O) groups excluding carboxylic acids is 2. The molecule has 3 aliphatic rings. The summed E-state index contributed by atoms with van der Waals surface area (Å²) in [5, 5.41) is 6.54. The van der Waals surface area contributed by atoms with Crippen molar-refractivity contribution in [2.24, 2.45) is 5.92 Å². The van der Waals surface area contributed by atoms with Crippen LogP contribution in [0.25, 0.3) is 0 Å². The number of aryl methyl sites for hydroxylation is 1. The molecule has 2 amide bonds. The van der Waals surface area contributed by atoms with Gasteiger partial charge in [0.1, 0.15) is 23.5 Å². The third-order valence-corrected chi connectivity index (χ3v) is 6.16. The number of aromatic nitrogens is 1. The molecular weight excluding hydrogens is 362 g/mol. The Labute approximate surface area is 164 Å². The maximum atomic E-state index is 12.5. The Morgan fingerprint density at radius 1 is 1.18 bits per heavy atom. The first-order valence-corrected chi connectivity index (χ1v) is 10.3. The molecule has 0 spiro atoms. The minimum Gasteiger partial charge on any atom is -0.371 e. The molecule has 0 radical (unpaired) electrons. The van der Waals surface area contributed by atoms with Crippen molar-refractivity contribution in [3.8, 4) is 0 Å². The quantitative estimate of drug-likeness (QED) is 0.821. The van der Waals surface area contributed by atoms with Gasteiger partial charge in [-0.3, -0.25) is 9.59 Å². The molecule has 2 saturated heterocycles. The fourth-order valence-corrected chi connectivity index (χ4v) is 4.44. The maximum Gasteiger partial charge on any atom is 0.256 e. The highest BCUT2D eigenvalue weighted by molar-refractivity contribution is 5.94. The predicted octanol–water partition coefficient (Wildman–Crippen LogP) is 1.68. The van der Waals surface area contributed by atoms with Gasteiger partial charge in [-0.1, -0.05) is 30.8 Å². The van der Waals surface area contributed by atoms with Crippen LogP contribution in [-0.2, 0) is 14.3 Å².